The van der Waals surface area contributed by atoms with E-state index >= 15 is 0 Å². The Balaban J connectivity index is 1.24. The number of amides is 6. The van der Waals surface area contributed by atoms with Gasteiger partial charge in [-0.05, 0) is 74.7 Å². The van der Waals surface area contributed by atoms with Crippen molar-refractivity contribution < 1.29 is 56.2 Å². The lowest BCUT2D eigenvalue weighted by atomic mass is 9.83. The van der Waals surface area contributed by atoms with E-state index < -0.39 is 64.0 Å². The minimum absolute atomic E-state index is 0.0182. The van der Waals surface area contributed by atoms with Crippen LogP contribution in [0.1, 0.15) is 124 Å². The molecule has 2 saturated heterocycles. The van der Waals surface area contributed by atoms with E-state index in [1.165, 1.54) is 31.3 Å². The Morgan fingerprint density at radius 3 is 2.14 bits per heavy atom. The molecule has 1 aromatic rings. The lowest BCUT2D eigenvalue weighted by Gasteiger charge is -2.41. The predicted octanol–water partition coefficient (Wildman–Crippen LogP) is 4.90. The monoisotopic (exact) mass is 1010 g/mol. The maximum Gasteiger partial charge on any atom is 0.253 e. The summed E-state index contributed by atoms with van der Waals surface area (Å²) < 4.78 is 38.2. The molecule has 3 heterocycles. The van der Waals surface area contributed by atoms with Gasteiger partial charge >= 0.3 is 0 Å². The third-order valence-electron chi connectivity index (χ3n) is 15.7. The number of rotatable bonds is 28. The molecule has 3 aliphatic heterocycles. The van der Waals surface area contributed by atoms with Crippen molar-refractivity contribution in [3.05, 3.63) is 48.0 Å². The van der Waals surface area contributed by atoms with Crippen LogP contribution in [0.2, 0.25) is 0 Å². The molecule has 1 unspecified atom stereocenters. The quantitative estimate of drug-likeness (QED) is 0.0878. The van der Waals surface area contributed by atoms with Crippen molar-refractivity contribution in [1.29, 1.82) is 0 Å². The molecule has 0 spiro atoms. The number of nitrogens with one attached hydrogen (secondary N) is 1. The second kappa shape index (κ2) is 25.7. The van der Waals surface area contributed by atoms with Crippen LogP contribution < -0.4 is 4.72 Å². The van der Waals surface area contributed by atoms with Crippen molar-refractivity contribution in [2.45, 2.75) is 161 Å². The summed E-state index contributed by atoms with van der Waals surface area (Å²) in [7, 11) is 0.836. The molecule has 11 atom stereocenters. The number of ketones is 2. The second-order valence-electron chi connectivity index (χ2n) is 20.9. The summed E-state index contributed by atoms with van der Waals surface area (Å²) >= 11 is 0. The zero-order valence-corrected chi connectivity index (χ0v) is 44.2. The van der Waals surface area contributed by atoms with Crippen LogP contribution >= 0.6 is 0 Å². The maximum absolute atomic E-state index is 14.8. The minimum Gasteiger partial charge on any atom is -0.379 e. The number of carbonyl (C=O) groups is 8. The van der Waals surface area contributed by atoms with Gasteiger partial charge < -0.3 is 24.2 Å². The van der Waals surface area contributed by atoms with Gasteiger partial charge in [0.1, 0.15) is 5.78 Å². The molecule has 1 aromatic carbocycles. The highest BCUT2D eigenvalue weighted by Gasteiger charge is 2.52. The number of Topliss-reactive ketones (excluding diaryl/α,β-unsaturated/α-hetero) is 2. The van der Waals surface area contributed by atoms with Crippen LogP contribution in [-0.4, -0.2) is 152 Å². The van der Waals surface area contributed by atoms with E-state index in [0.29, 0.717) is 51.6 Å². The molecule has 17 nitrogen and oxygen atoms in total. The van der Waals surface area contributed by atoms with E-state index in [2.05, 4.69) is 0 Å². The van der Waals surface area contributed by atoms with Crippen molar-refractivity contribution in [2.75, 3.05) is 40.6 Å². The average Bonchev–Trinajstić information content (AvgIpc) is 4.15. The number of hydrogen-bond donors (Lipinski definition) is 1. The number of hydrogen-bond acceptors (Lipinski definition) is 12. The number of ether oxygens (including phenoxy) is 2. The first-order chi connectivity index (χ1) is 33.6. The zero-order valence-electron chi connectivity index (χ0n) is 43.4. The highest BCUT2D eigenvalue weighted by molar-refractivity contribution is 7.89. The molecule has 1 aliphatic carbocycles. The van der Waals surface area contributed by atoms with Gasteiger partial charge in [0, 0.05) is 89.6 Å². The lowest BCUT2D eigenvalue weighted by molar-refractivity contribution is -0.150. The third kappa shape index (κ3) is 14.5. The average molecular weight is 1010 g/mol. The minimum atomic E-state index is -3.89. The number of likely N-dealkylation sites (tertiary alicyclic amines) is 2. The molecule has 394 valence electrons. The first kappa shape index (κ1) is 57.1. The summed E-state index contributed by atoms with van der Waals surface area (Å²) in [5, 5.41) is 0. The topological polar surface area (TPSA) is 214 Å². The molecule has 5 rings (SSSR count). The smallest absolute Gasteiger partial charge is 0.253 e. The molecule has 18 heteroatoms. The Kier molecular flexibility index (Phi) is 20.7. The number of nitrogens with zero attached hydrogens (tertiary/aromatic N) is 4. The summed E-state index contributed by atoms with van der Waals surface area (Å²) in [6.07, 6.45) is 8.12. The molecule has 1 N–H and O–H groups in total. The summed E-state index contributed by atoms with van der Waals surface area (Å²) in [5.74, 6) is -5.10. The van der Waals surface area contributed by atoms with E-state index in [1.54, 1.807) is 40.8 Å². The van der Waals surface area contributed by atoms with Gasteiger partial charge in [0.05, 0.1) is 43.0 Å². The van der Waals surface area contributed by atoms with Crippen LogP contribution in [-0.2, 0) is 64.3 Å². The largest absolute Gasteiger partial charge is 0.379 e. The van der Waals surface area contributed by atoms with Crippen molar-refractivity contribution in [2.24, 2.45) is 35.5 Å². The number of methoxy groups -OCH3 is 2. The van der Waals surface area contributed by atoms with E-state index in [4.69, 9.17) is 9.47 Å². The highest BCUT2D eigenvalue weighted by Crippen LogP contribution is 2.44. The number of sulfonamides is 1. The van der Waals surface area contributed by atoms with Gasteiger partial charge in [0.15, 0.2) is 5.78 Å². The summed E-state index contributed by atoms with van der Waals surface area (Å²) in [5.41, 5.74) is 0.769. The molecule has 3 fully saturated rings. The van der Waals surface area contributed by atoms with Crippen molar-refractivity contribution in [1.82, 2.24) is 24.3 Å². The van der Waals surface area contributed by atoms with E-state index in [9.17, 15) is 46.8 Å². The van der Waals surface area contributed by atoms with Gasteiger partial charge in [-0.3, -0.25) is 48.0 Å². The number of fused-ring (bicyclic) bond motifs is 2. The second-order valence-corrected chi connectivity index (χ2v) is 22.6. The van der Waals surface area contributed by atoms with E-state index in [-0.39, 0.29) is 97.0 Å². The molecule has 2 bridgehead atoms. The number of likely N-dealkylation sites (N-methyl/N-ethyl adjacent to an activating group) is 1. The molecule has 6 amide bonds. The van der Waals surface area contributed by atoms with E-state index in [0.717, 1.165) is 31.1 Å². The molecule has 71 heavy (non-hydrogen) atoms. The van der Waals surface area contributed by atoms with Crippen molar-refractivity contribution in [3.63, 3.8) is 0 Å². The van der Waals surface area contributed by atoms with Gasteiger partial charge in [-0.15, -0.1) is 0 Å². The third-order valence-corrected chi connectivity index (χ3v) is 16.3. The predicted molar refractivity (Wildman–Crippen MR) is 266 cm³/mol. The van der Waals surface area contributed by atoms with Gasteiger partial charge in [-0.2, -0.15) is 0 Å². The normalized spacial score (nSPS) is 22.9. The maximum atomic E-state index is 14.8. The fourth-order valence-electron chi connectivity index (χ4n) is 11.7. The van der Waals surface area contributed by atoms with Crippen molar-refractivity contribution in [3.8, 4) is 0 Å². The highest BCUT2D eigenvalue weighted by atomic mass is 32.2. The number of unbranched alkanes of at least 4 members (excludes halogenated alkanes) is 2. The fraction of sp³-hybridized carbons (Fsp3) is 0.698. The fourth-order valence-corrected chi connectivity index (χ4v) is 12.2. The summed E-state index contributed by atoms with van der Waals surface area (Å²) in [6, 6.07) is 7.40. The van der Waals surface area contributed by atoms with Crippen LogP contribution in [0, 0.1) is 35.5 Å². The van der Waals surface area contributed by atoms with Crippen LogP contribution in [0.15, 0.2) is 42.5 Å². The van der Waals surface area contributed by atoms with Gasteiger partial charge in [-0.1, -0.05) is 77.8 Å². The van der Waals surface area contributed by atoms with Crippen LogP contribution in [0.5, 0.6) is 0 Å². The van der Waals surface area contributed by atoms with Gasteiger partial charge in [-0.25, -0.2) is 8.42 Å². The molecular formula is C53H79N5O12S. The molecular weight excluding hydrogens is 931 g/mol. The Bertz CT molecular complexity index is 2200. The number of carbonyl (C=O) groups excluding carboxylic acids is 8. The molecule has 1 saturated carbocycles. The Morgan fingerprint density at radius 2 is 1.54 bits per heavy atom. The Morgan fingerprint density at radius 1 is 0.859 bits per heavy atom. The lowest BCUT2D eigenvalue weighted by Crippen LogP contribution is -2.54. The summed E-state index contributed by atoms with van der Waals surface area (Å²) in [6.45, 7) is 10.3. The number of piperidine rings is 1. The SMILES string of the molecule is CC[C@H](C)[C@@H]([C@@H](CC(=O)N1CCCC1[C@H](OC)[C@@H](C)C(=O)C[C@@H](Cc1ccccc1)C(=O)NS(C)(=O)=O)OC)N(C)C(=O)[C@@H](CC(=O)[C@@H]1[C@H]2CC[C@H](C2)N1C(=O)CCCCCN1C(=O)C=CC1=O)C(C)C. The number of imide groups is 1. The molecule has 0 aromatic heterocycles. The first-order valence-electron chi connectivity index (χ1n) is 25.7. The van der Waals surface area contributed by atoms with Gasteiger partial charge in [0.2, 0.25) is 33.7 Å². The standard InChI is InChI=1S/C53H79N5O12S/c1-10-34(4)49(55(6)53(66)40(33(2)3)31-43(60)50-37-22-23-39(29-37)58(50)47(63)21-15-12-16-26-57-45(61)24-25-46(57)62)44(69-7)32-48(64)56-27-17-20-41(56)51(70-8)35(5)42(59)30-38(52(65)54-71(9,67)68)28-36-18-13-11-14-19-36/h11,13-14,18-19,24-25,33-35,37-41,44,49-51H,10,12,15-17,20-23,26-32H2,1-9H3,(H,54,65)/t34-,35-,37-,38+,39+,40-,41?,44+,49-,50-,51+/m0/s1. The summed E-state index contributed by atoms with van der Waals surface area (Å²) in [4.78, 5) is 115. The van der Waals surface area contributed by atoms with E-state index in [1.807, 2.05) is 50.6 Å². The van der Waals surface area contributed by atoms with Crippen LogP contribution in [0.3, 0.4) is 0 Å². The van der Waals surface area contributed by atoms with Gasteiger partial charge in [0.25, 0.3) is 11.8 Å². The van der Waals surface area contributed by atoms with Crippen molar-refractivity contribution >= 4 is 57.0 Å². The molecule has 4 aliphatic rings. The molecule has 0 radical (unpaired) electrons. The number of benzene rings is 1. The Hall–Kier alpha value is -4.81. The first-order valence-corrected chi connectivity index (χ1v) is 27.6. The zero-order chi connectivity index (χ0) is 52.3. The van der Waals surface area contributed by atoms with Crippen LogP contribution in [0.25, 0.3) is 0 Å². The Labute approximate surface area is 421 Å². The van der Waals surface area contributed by atoms with Crippen LogP contribution in [0.4, 0.5) is 0 Å².